The molecule has 0 aromatic carbocycles. The van der Waals surface area contributed by atoms with Gasteiger partial charge in [-0.15, -0.1) is 11.3 Å². The number of carbonyl (C=O) groups excluding carboxylic acids is 1. The first-order valence-corrected chi connectivity index (χ1v) is 8.37. The molecule has 0 spiro atoms. The summed E-state index contributed by atoms with van der Waals surface area (Å²) in [6, 6.07) is 4.17. The molecular weight excluding hydrogens is 336 g/mol. The fourth-order valence-electron chi connectivity index (χ4n) is 2.62. The van der Waals surface area contributed by atoms with Crippen molar-refractivity contribution in [1.29, 1.82) is 0 Å². The number of hydrogen-bond acceptors (Lipinski definition) is 3. The predicted molar refractivity (Wildman–Crippen MR) is 87.4 cm³/mol. The van der Waals surface area contributed by atoms with Crippen LogP contribution in [0, 0.1) is 5.92 Å². The SMILES string of the molecule is CC(C)=C1NC(c2ccc(Br)s2)(C(C)C)CC(=O)N1C. The van der Waals surface area contributed by atoms with Gasteiger partial charge in [-0.05, 0) is 53.4 Å². The van der Waals surface area contributed by atoms with Crippen LogP contribution >= 0.6 is 27.3 Å². The second-order valence-electron chi connectivity index (χ2n) is 5.83. The number of amides is 1. The average Bonchev–Trinajstić information content (AvgIpc) is 2.79. The zero-order chi connectivity index (χ0) is 15.1. The van der Waals surface area contributed by atoms with E-state index in [-0.39, 0.29) is 11.4 Å². The quantitative estimate of drug-likeness (QED) is 0.866. The highest BCUT2D eigenvalue weighted by molar-refractivity contribution is 9.11. The maximum absolute atomic E-state index is 12.5. The molecule has 2 rings (SSSR count). The lowest BCUT2D eigenvalue weighted by Crippen LogP contribution is -2.57. The Kier molecular flexibility index (Phi) is 4.30. The van der Waals surface area contributed by atoms with Crippen molar-refractivity contribution in [2.24, 2.45) is 5.92 Å². The van der Waals surface area contributed by atoms with E-state index < -0.39 is 0 Å². The second kappa shape index (κ2) is 5.53. The van der Waals surface area contributed by atoms with Gasteiger partial charge in [0.25, 0.3) is 0 Å². The Morgan fingerprint density at radius 2 is 2.10 bits per heavy atom. The zero-order valence-electron chi connectivity index (χ0n) is 12.6. The number of thiophene rings is 1. The van der Waals surface area contributed by atoms with E-state index in [1.54, 1.807) is 16.2 Å². The van der Waals surface area contributed by atoms with E-state index in [4.69, 9.17) is 0 Å². The standard InChI is InChI=1S/C15H21BrN2OS/c1-9(2)14-17-15(10(3)4,8-13(19)18(14)5)11-6-7-12(16)20-11/h6-7,10,17H,8H2,1-5H3. The van der Waals surface area contributed by atoms with Gasteiger partial charge < -0.3 is 10.2 Å². The monoisotopic (exact) mass is 356 g/mol. The Hall–Kier alpha value is -0.810. The Morgan fingerprint density at radius 3 is 2.55 bits per heavy atom. The molecule has 1 aromatic rings. The van der Waals surface area contributed by atoms with E-state index in [2.05, 4.69) is 47.2 Å². The molecule has 5 heteroatoms. The minimum absolute atomic E-state index is 0.165. The lowest BCUT2D eigenvalue weighted by Gasteiger charge is -2.46. The van der Waals surface area contributed by atoms with Crippen molar-refractivity contribution in [3.05, 3.63) is 32.2 Å². The molecule has 110 valence electrons. The number of hydrogen-bond donors (Lipinski definition) is 1. The van der Waals surface area contributed by atoms with Crippen LogP contribution in [-0.4, -0.2) is 17.9 Å². The molecular formula is C15H21BrN2OS. The Morgan fingerprint density at radius 1 is 1.45 bits per heavy atom. The maximum Gasteiger partial charge on any atom is 0.230 e. The molecule has 0 saturated carbocycles. The van der Waals surface area contributed by atoms with Crippen molar-refractivity contribution in [2.75, 3.05) is 7.05 Å². The smallest absolute Gasteiger partial charge is 0.230 e. The van der Waals surface area contributed by atoms with E-state index in [1.165, 1.54) is 4.88 Å². The van der Waals surface area contributed by atoms with Gasteiger partial charge in [0.2, 0.25) is 5.91 Å². The van der Waals surface area contributed by atoms with E-state index in [1.807, 2.05) is 20.9 Å². The van der Waals surface area contributed by atoms with Crippen LogP contribution < -0.4 is 5.32 Å². The maximum atomic E-state index is 12.5. The van der Waals surface area contributed by atoms with Crippen LogP contribution in [0.5, 0.6) is 0 Å². The second-order valence-corrected chi connectivity index (χ2v) is 8.30. The largest absolute Gasteiger partial charge is 0.360 e. The third kappa shape index (κ3) is 2.53. The summed E-state index contributed by atoms with van der Waals surface area (Å²) >= 11 is 5.23. The fraction of sp³-hybridized carbons (Fsp3) is 0.533. The number of nitrogens with one attached hydrogen (secondary N) is 1. The summed E-state index contributed by atoms with van der Waals surface area (Å²) in [5.74, 6) is 1.41. The fourth-order valence-corrected chi connectivity index (χ4v) is 4.30. The summed E-state index contributed by atoms with van der Waals surface area (Å²) in [6.45, 7) is 8.41. The van der Waals surface area contributed by atoms with Crippen LogP contribution in [0.15, 0.2) is 27.3 Å². The van der Waals surface area contributed by atoms with Crippen LogP contribution in [-0.2, 0) is 10.3 Å². The Bertz CT molecular complexity index is 560. The van der Waals surface area contributed by atoms with Gasteiger partial charge >= 0.3 is 0 Å². The zero-order valence-corrected chi connectivity index (χ0v) is 15.0. The molecule has 1 unspecified atom stereocenters. The Labute approximate surface area is 133 Å². The van der Waals surface area contributed by atoms with Crippen molar-refractivity contribution >= 4 is 33.2 Å². The molecule has 0 bridgehead atoms. The molecule has 0 radical (unpaired) electrons. The number of halogens is 1. The van der Waals surface area contributed by atoms with Gasteiger partial charge in [-0.3, -0.25) is 4.79 Å². The molecule has 20 heavy (non-hydrogen) atoms. The van der Waals surface area contributed by atoms with Crippen LogP contribution in [0.2, 0.25) is 0 Å². The molecule has 1 saturated heterocycles. The van der Waals surface area contributed by atoms with Crippen molar-refractivity contribution in [3.8, 4) is 0 Å². The van der Waals surface area contributed by atoms with Crippen molar-refractivity contribution in [3.63, 3.8) is 0 Å². The van der Waals surface area contributed by atoms with E-state index in [0.717, 1.165) is 15.2 Å². The molecule has 1 aliphatic heterocycles. The van der Waals surface area contributed by atoms with E-state index in [0.29, 0.717) is 12.3 Å². The predicted octanol–water partition coefficient (Wildman–Crippen LogP) is 4.07. The molecule has 3 nitrogen and oxygen atoms in total. The highest BCUT2D eigenvalue weighted by Crippen LogP contribution is 2.42. The molecule has 1 N–H and O–H groups in total. The third-order valence-electron chi connectivity index (χ3n) is 3.95. The van der Waals surface area contributed by atoms with Crippen molar-refractivity contribution in [2.45, 2.75) is 39.7 Å². The van der Waals surface area contributed by atoms with E-state index in [9.17, 15) is 4.79 Å². The molecule has 0 aliphatic carbocycles. The lowest BCUT2D eigenvalue weighted by molar-refractivity contribution is -0.133. The van der Waals surface area contributed by atoms with Crippen LogP contribution in [0.1, 0.15) is 39.0 Å². The molecule has 1 fully saturated rings. The lowest BCUT2D eigenvalue weighted by atomic mass is 9.79. The number of allylic oxidation sites excluding steroid dienone is 1. The van der Waals surface area contributed by atoms with E-state index >= 15 is 0 Å². The number of rotatable bonds is 2. The summed E-state index contributed by atoms with van der Waals surface area (Å²) < 4.78 is 1.10. The minimum atomic E-state index is -0.313. The van der Waals surface area contributed by atoms with Crippen LogP contribution in [0.4, 0.5) is 0 Å². The molecule has 1 aromatic heterocycles. The summed E-state index contributed by atoms with van der Waals surface area (Å²) in [6.07, 6.45) is 0.491. The van der Waals surface area contributed by atoms with Gasteiger partial charge in [0.05, 0.1) is 15.7 Å². The molecule has 1 amide bonds. The number of carbonyl (C=O) groups is 1. The normalized spacial score (nSPS) is 23.2. The first-order chi connectivity index (χ1) is 9.28. The Balaban J connectivity index is 2.54. The topological polar surface area (TPSA) is 32.3 Å². The third-order valence-corrected chi connectivity index (χ3v) is 5.75. The minimum Gasteiger partial charge on any atom is -0.360 e. The first-order valence-electron chi connectivity index (χ1n) is 6.76. The van der Waals surface area contributed by atoms with Gasteiger partial charge in [-0.25, -0.2) is 0 Å². The highest BCUT2D eigenvalue weighted by atomic mass is 79.9. The van der Waals surface area contributed by atoms with Gasteiger partial charge in [0, 0.05) is 11.9 Å². The van der Waals surface area contributed by atoms with Crippen molar-refractivity contribution in [1.82, 2.24) is 10.2 Å². The van der Waals surface area contributed by atoms with Gasteiger partial charge in [0.1, 0.15) is 5.82 Å². The van der Waals surface area contributed by atoms with Gasteiger partial charge in [-0.2, -0.15) is 0 Å². The van der Waals surface area contributed by atoms with Gasteiger partial charge in [-0.1, -0.05) is 13.8 Å². The summed E-state index contributed by atoms with van der Waals surface area (Å²) in [5.41, 5.74) is 0.813. The highest BCUT2D eigenvalue weighted by Gasteiger charge is 2.44. The van der Waals surface area contributed by atoms with Crippen molar-refractivity contribution < 1.29 is 4.79 Å². The molecule has 1 aliphatic rings. The first kappa shape index (κ1) is 15.6. The average molecular weight is 357 g/mol. The molecule has 2 heterocycles. The van der Waals surface area contributed by atoms with Crippen LogP contribution in [0.25, 0.3) is 0 Å². The summed E-state index contributed by atoms with van der Waals surface area (Å²) in [7, 11) is 1.84. The number of nitrogens with zero attached hydrogens (tertiary/aromatic N) is 1. The van der Waals surface area contributed by atoms with Gasteiger partial charge in [0.15, 0.2) is 0 Å². The molecule has 1 atom stereocenters. The summed E-state index contributed by atoms with van der Waals surface area (Å²) in [4.78, 5) is 15.4. The summed E-state index contributed by atoms with van der Waals surface area (Å²) in [5, 5.41) is 3.65. The van der Waals surface area contributed by atoms with Crippen LogP contribution in [0.3, 0.4) is 0 Å².